The van der Waals surface area contributed by atoms with E-state index in [2.05, 4.69) is 43.5 Å². The van der Waals surface area contributed by atoms with E-state index in [1.165, 1.54) is 225 Å². The van der Waals surface area contributed by atoms with Crippen molar-refractivity contribution in [2.75, 3.05) is 6.61 Å². The topological polar surface area (TPSA) is 89.8 Å². The first kappa shape index (κ1) is 58.6. The van der Waals surface area contributed by atoms with Gasteiger partial charge in [0, 0.05) is 0 Å². The Labute approximate surface area is 374 Å². The van der Waals surface area contributed by atoms with Crippen LogP contribution in [-0.2, 0) is 4.79 Å². The summed E-state index contributed by atoms with van der Waals surface area (Å²) >= 11 is 0. The third-order valence-electron chi connectivity index (χ3n) is 12.4. The summed E-state index contributed by atoms with van der Waals surface area (Å²) < 4.78 is 0. The molecule has 3 atom stereocenters. The molecule has 354 valence electrons. The van der Waals surface area contributed by atoms with Crippen LogP contribution in [0.15, 0.2) is 36.5 Å². The molecule has 3 unspecified atom stereocenters. The van der Waals surface area contributed by atoms with Gasteiger partial charge in [-0.05, 0) is 51.4 Å². The standard InChI is InChI=1S/C55H105NO4/c1-3-5-7-9-11-13-15-16-17-18-19-20-21-22-23-24-25-26-27-28-29-30-31-32-33-34-35-36-37-38-39-40-42-44-46-48-52(58)50-55(60)56-53(51-57)54(59)49-47-45-43-41-14-12-10-8-6-4-2/h23-24,26-27,47,49,52-54,57-59H,3-22,25,28-46,48,50-51H2,1-2H3,(H,56,60)/b24-23-,27-26-,49-47+. The molecule has 5 nitrogen and oxygen atoms in total. The van der Waals surface area contributed by atoms with Crippen molar-refractivity contribution >= 4 is 5.91 Å². The molecule has 0 saturated carbocycles. The van der Waals surface area contributed by atoms with Crippen molar-refractivity contribution in [1.29, 1.82) is 0 Å². The van der Waals surface area contributed by atoms with E-state index in [4.69, 9.17) is 0 Å². The quantitative estimate of drug-likeness (QED) is 0.0363. The number of allylic oxidation sites excluding steroid dienone is 5. The molecule has 0 aliphatic carbocycles. The highest BCUT2D eigenvalue weighted by Gasteiger charge is 2.20. The molecule has 0 aromatic heterocycles. The van der Waals surface area contributed by atoms with Gasteiger partial charge in [0.1, 0.15) is 0 Å². The summed E-state index contributed by atoms with van der Waals surface area (Å²) in [7, 11) is 0. The Balaban J connectivity index is 3.47. The summed E-state index contributed by atoms with van der Waals surface area (Å²) in [6, 6.07) is -0.742. The molecular formula is C55H105NO4. The van der Waals surface area contributed by atoms with Crippen LogP contribution in [0, 0.1) is 0 Å². The maximum absolute atomic E-state index is 12.4. The van der Waals surface area contributed by atoms with Gasteiger partial charge < -0.3 is 20.6 Å². The lowest BCUT2D eigenvalue weighted by atomic mass is 10.0. The van der Waals surface area contributed by atoms with Crippen molar-refractivity contribution in [3.8, 4) is 0 Å². The van der Waals surface area contributed by atoms with Gasteiger partial charge in [0.15, 0.2) is 0 Å². The van der Waals surface area contributed by atoms with Crippen LogP contribution in [0.3, 0.4) is 0 Å². The first-order valence-electron chi connectivity index (χ1n) is 26.8. The zero-order valence-corrected chi connectivity index (χ0v) is 40.4. The minimum absolute atomic E-state index is 0.0145. The molecule has 1 amide bonds. The zero-order chi connectivity index (χ0) is 43.7. The van der Waals surface area contributed by atoms with Crippen LogP contribution in [-0.4, -0.2) is 46.1 Å². The van der Waals surface area contributed by atoms with Crippen molar-refractivity contribution in [1.82, 2.24) is 5.32 Å². The minimum atomic E-state index is -0.926. The normalized spacial score (nSPS) is 13.6. The fourth-order valence-electron chi connectivity index (χ4n) is 8.31. The van der Waals surface area contributed by atoms with Gasteiger partial charge in [-0.25, -0.2) is 0 Å². The van der Waals surface area contributed by atoms with Crippen molar-refractivity contribution in [2.45, 2.75) is 302 Å². The van der Waals surface area contributed by atoms with Gasteiger partial charge in [0.25, 0.3) is 0 Å². The average Bonchev–Trinajstić information content (AvgIpc) is 3.24. The molecule has 0 fully saturated rings. The van der Waals surface area contributed by atoms with Crippen LogP contribution < -0.4 is 5.32 Å². The molecule has 0 saturated heterocycles. The summed E-state index contributed by atoms with van der Waals surface area (Å²) in [5.41, 5.74) is 0. The van der Waals surface area contributed by atoms with Crippen molar-refractivity contribution in [3.05, 3.63) is 36.5 Å². The molecule has 5 heteroatoms. The van der Waals surface area contributed by atoms with Gasteiger partial charge in [0.05, 0.1) is 31.3 Å². The predicted molar refractivity (Wildman–Crippen MR) is 264 cm³/mol. The lowest BCUT2D eigenvalue weighted by Crippen LogP contribution is -2.45. The Morgan fingerprint density at radius 2 is 0.750 bits per heavy atom. The molecule has 60 heavy (non-hydrogen) atoms. The summed E-state index contributed by atoms with van der Waals surface area (Å²) in [4.78, 5) is 12.4. The largest absolute Gasteiger partial charge is 0.394 e. The molecule has 0 radical (unpaired) electrons. The molecule has 0 rings (SSSR count). The van der Waals surface area contributed by atoms with Gasteiger partial charge in [0.2, 0.25) is 5.91 Å². The van der Waals surface area contributed by atoms with Crippen LogP contribution in [0.4, 0.5) is 0 Å². The van der Waals surface area contributed by atoms with E-state index >= 15 is 0 Å². The van der Waals surface area contributed by atoms with Crippen LogP contribution in [0.25, 0.3) is 0 Å². The van der Waals surface area contributed by atoms with Crippen molar-refractivity contribution < 1.29 is 20.1 Å². The number of aliphatic hydroxyl groups is 3. The summed E-state index contributed by atoms with van der Waals surface area (Å²) in [5, 5.41) is 33.2. The van der Waals surface area contributed by atoms with Crippen LogP contribution >= 0.6 is 0 Å². The van der Waals surface area contributed by atoms with Crippen molar-refractivity contribution in [3.63, 3.8) is 0 Å². The summed E-state index contributed by atoms with van der Waals surface area (Å²) in [6.45, 7) is 4.20. The van der Waals surface area contributed by atoms with E-state index in [9.17, 15) is 20.1 Å². The lowest BCUT2D eigenvalue weighted by Gasteiger charge is -2.21. The second-order valence-electron chi connectivity index (χ2n) is 18.5. The molecule has 0 heterocycles. The highest BCUT2D eigenvalue weighted by Crippen LogP contribution is 2.17. The minimum Gasteiger partial charge on any atom is -0.394 e. The maximum atomic E-state index is 12.4. The van der Waals surface area contributed by atoms with Gasteiger partial charge >= 0.3 is 0 Å². The van der Waals surface area contributed by atoms with Gasteiger partial charge in [-0.15, -0.1) is 0 Å². The number of hydrogen-bond donors (Lipinski definition) is 4. The molecule has 0 aromatic carbocycles. The average molecular weight is 844 g/mol. The Hall–Kier alpha value is -1.43. The van der Waals surface area contributed by atoms with E-state index in [1.54, 1.807) is 6.08 Å². The molecule has 0 aliphatic heterocycles. The van der Waals surface area contributed by atoms with Crippen LogP contribution in [0.5, 0.6) is 0 Å². The second-order valence-corrected chi connectivity index (χ2v) is 18.5. The summed E-state index contributed by atoms with van der Waals surface area (Å²) in [6.07, 6.45) is 64.9. The first-order chi connectivity index (χ1) is 29.5. The number of aliphatic hydroxyl groups excluding tert-OH is 3. The predicted octanol–water partition coefficient (Wildman–Crippen LogP) is 16.3. The SMILES string of the molecule is CCCCCCCCCC/C=C/C(O)C(CO)NC(=O)CC(O)CCCCCCCCCCCCCCCCC/C=C\C/C=C\CCCCCCCCCCCCCCC. The Morgan fingerprint density at radius 1 is 0.433 bits per heavy atom. The third-order valence-corrected chi connectivity index (χ3v) is 12.4. The Bertz CT molecular complexity index is 931. The highest BCUT2D eigenvalue weighted by atomic mass is 16.3. The second kappa shape index (κ2) is 50.2. The Morgan fingerprint density at radius 3 is 1.10 bits per heavy atom. The zero-order valence-electron chi connectivity index (χ0n) is 40.4. The third kappa shape index (κ3) is 46.1. The number of hydrogen-bond acceptors (Lipinski definition) is 4. The van der Waals surface area contributed by atoms with Gasteiger partial charge in [-0.2, -0.15) is 0 Å². The first-order valence-corrected chi connectivity index (χ1v) is 26.8. The molecule has 4 N–H and O–H groups in total. The van der Waals surface area contributed by atoms with E-state index in [1.807, 2.05) is 6.08 Å². The van der Waals surface area contributed by atoms with Gasteiger partial charge in [-0.1, -0.05) is 262 Å². The molecular weight excluding hydrogens is 739 g/mol. The number of amides is 1. The van der Waals surface area contributed by atoms with Crippen LogP contribution in [0.1, 0.15) is 284 Å². The highest BCUT2D eigenvalue weighted by molar-refractivity contribution is 5.76. The number of carbonyl (C=O) groups is 1. The fraction of sp³-hybridized carbons (Fsp3) is 0.873. The number of unbranched alkanes of at least 4 members (excludes halogenated alkanes) is 36. The number of rotatable bonds is 49. The van der Waals surface area contributed by atoms with Crippen LogP contribution in [0.2, 0.25) is 0 Å². The molecule has 0 bridgehead atoms. The van der Waals surface area contributed by atoms with E-state index in [-0.39, 0.29) is 18.9 Å². The monoisotopic (exact) mass is 844 g/mol. The molecule has 0 spiro atoms. The Kier molecular flexibility index (Phi) is 49.0. The lowest BCUT2D eigenvalue weighted by molar-refractivity contribution is -0.124. The van der Waals surface area contributed by atoms with E-state index in [0.717, 1.165) is 32.1 Å². The van der Waals surface area contributed by atoms with Crippen molar-refractivity contribution in [2.24, 2.45) is 0 Å². The fourth-order valence-corrected chi connectivity index (χ4v) is 8.31. The van der Waals surface area contributed by atoms with Gasteiger partial charge in [-0.3, -0.25) is 4.79 Å². The van der Waals surface area contributed by atoms with E-state index in [0.29, 0.717) is 6.42 Å². The van der Waals surface area contributed by atoms with E-state index < -0.39 is 18.2 Å². The maximum Gasteiger partial charge on any atom is 0.222 e. The smallest absolute Gasteiger partial charge is 0.222 e. The molecule has 0 aliphatic rings. The number of nitrogens with one attached hydrogen (secondary N) is 1. The molecule has 0 aromatic rings. The number of carbonyl (C=O) groups excluding carboxylic acids is 1. The summed E-state index contributed by atoms with van der Waals surface area (Å²) in [5.74, 6) is -0.316.